The normalized spacial score (nSPS) is 19.5. The van der Waals surface area contributed by atoms with E-state index < -0.39 is 6.04 Å². The zero-order chi connectivity index (χ0) is 13.3. The first-order valence-electron chi connectivity index (χ1n) is 5.99. The Hall–Kier alpha value is -2.04. The topological polar surface area (TPSA) is 75.4 Å². The second-order valence-electron chi connectivity index (χ2n) is 4.90. The molecule has 3 amide bonds. The standard InChI is InChI=1S/C13H17N3O2/c1-8(2)6-11-12(17)16(13(18)15-11)10-5-3-4-9(14)7-10/h3-5,7-8,11H,6,14H2,1-2H3,(H,15,18)/t11-/m0/s1. The fourth-order valence-corrected chi connectivity index (χ4v) is 2.07. The number of nitrogen functional groups attached to an aromatic ring is 1. The van der Waals surface area contributed by atoms with Gasteiger partial charge in [-0.3, -0.25) is 4.79 Å². The van der Waals surface area contributed by atoms with Gasteiger partial charge in [-0.1, -0.05) is 19.9 Å². The average Bonchev–Trinajstić information content (AvgIpc) is 2.53. The summed E-state index contributed by atoms with van der Waals surface area (Å²) in [6, 6.07) is 5.95. The van der Waals surface area contributed by atoms with Crippen LogP contribution in [0.5, 0.6) is 0 Å². The van der Waals surface area contributed by atoms with Crippen molar-refractivity contribution in [2.75, 3.05) is 10.6 Å². The molecule has 0 spiro atoms. The van der Waals surface area contributed by atoms with Crippen LogP contribution in [0.1, 0.15) is 20.3 Å². The van der Waals surface area contributed by atoms with E-state index in [4.69, 9.17) is 5.73 Å². The molecule has 0 aliphatic carbocycles. The minimum Gasteiger partial charge on any atom is -0.399 e. The molecule has 1 aliphatic heterocycles. The van der Waals surface area contributed by atoms with Gasteiger partial charge in [0.05, 0.1) is 5.69 Å². The van der Waals surface area contributed by atoms with Crippen LogP contribution in [0.2, 0.25) is 0 Å². The van der Waals surface area contributed by atoms with Crippen molar-refractivity contribution >= 4 is 23.3 Å². The molecular weight excluding hydrogens is 230 g/mol. The third kappa shape index (κ3) is 2.30. The first-order valence-corrected chi connectivity index (χ1v) is 5.99. The number of hydrogen-bond acceptors (Lipinski definition) is 3. The molecule has 96 valence electrons. The lowest BCUT2D eigenvalue weighted by Crippen LogP contribution is -2.31. The second kappa shape index (κ2) is 4.68. The van der Waals surface area contributed by atoms with E-state index >= 15 is 0 Å². The molecule has 3 N–H and O–H groups in total. The highest BCUT2D eigenvalue weighted by atomic mass is 16.2. The highest BCUT2D eigenvalue weighted by molar-refractivity contribution is 6.21. The summed E-state index contributed by atoms with van der Waals surface area (Å²) in [6.07, 6.45) is 0.642. The van der Waals surface area contributed by atoms with Gasteiger partial charge in [0.2, 0.25) is 0 Å². The maximum Gasteiger partial charge on any atom is 0.329 e. The smallest absolute Gasteiger partial charge is 0.329 e. The summed E-state index contributed by atoms with van der Waals surface area (Å²) >= 11 is 0. The molecule has 0 saturated carbocycles. The highest BCUT2D eigenvalue weighted by Gasteiger charge is 2.39. The van der Waals surface area contributed by atoms with Gasteiger partial charge in [0.15, 0.2) is 0 Å². The van der Waals surface area contributed by atoms with Crippen LogP contribution in [0.4, 0.5) is 16.2 Å². The first kappa shape index (κ1) is 12.4. The number of carbonyl (C=O) groups excluding carboxylic acids is 2. The summed E-state index contributed by atoms with van der Waals surface area (Å²) in [5, 5.41) is 2.70. The molecule has 1 aromatic rings. The zero-order valence-corrected chi connectivity index (χ0v) is 10.5. The van der Waals surface area contributed by atoms with Gasteiger partial charge >= 0.3 is 6.03 Å². The Labute approximate surface area is 106 Å². The number of nitrogens with one attached hydrogen (secondary N) is 1. The number of amides is 3. The van der Waals surface area contributed by atoms with Crippen molar-refractivity contribution in [3.8, 4) is 0 Å². The van der Waals surface area contributed by atoms with Crippen molar-refractivity contribution < 1.29 is 9.59 Å². The van der Waals surface area contributed by atoms with Crippen LogP contribution in [0.25, 0.3) is 0 Å². The summed E-state index contributed by atoms with van der Waals surface area (Å²) in [4.78, 5) is 25.2. The van der Waals surface area contributed by atoms with Crippen LogP contribution in [0.15, 0.2) is 24.3 Å². The number of carbonyl (C=O) groups is 2. The molecule has 18 heavy (non-hydrogen) atoms. The van der Waals surface area contributed by atoms with E-state index in [1.54, 1.807) is 24.3 Å². The molecule has 1 atom stereocenters. The third-order valence-corrected chi connectivity index (χ3v) is 2.85. The number of nitrogens with zero attached hydrogens (tertiary/aromatic N) is 1. The van der Waals surface area contributed by atoms with Crippen molar-refractivity contribution in [2.24, 2.45) is 5.92 Å². The Balaban J connectivity index is 2.24. The van der Waals surface area contributed by atoms with Crippen LogP contribution >= 0.6 is 0 Å². The molecule has 5 nitrogen and oxygen atoms in total. The molecular formula is C13H17N3O2. The molecule has 1 aliphatic rings. The first-order chi connectivity index (χ1) is 8.49. The largest absolute Gasteiger partial charge is 0.399 e. The van der Waals surface area contributed by atoms with Gasteiger partial charge in [-0.25, -0.2) is 9.69 Å². The van der Waals surface area contributed by atoms with E-state index in [0.29, 0.717) is 23.7 Å². The summed E-state index contributed by atoms with van der Waals surface area (Å²) in [7, 11) is 0. The van der Waals surface area contributed by atoms with Crippen LogP contribution in [-0.4, -0.2) is 18.0 Å². The lowest BCUT2D eigenvalue weighted by atomic mass is 10.0. The Kier molecular flexibility index (Phi) is 3.23. The summed E-state index contributed by atoms with van der Waals surface area (Å²) in [5.41, 5.74) is 6.71. The molecule has 1 saturated heterocycles. The molecule has 1 aromatic carbocycles. The van der Waals surface area contributed by atoms with Crippen molar-refractivity contribution in [1.82, 2.24) is 5.32 Å². The minimum atomic E-state index is -0.432. The highest BCUT2D eigenvalue weighted by Crippen LogP contribution is 2.23. The van der Waals surface area contributed by atoms with E-state index in [-0.39, 0.29) is 11.9 Å². The van der Waals surface area contributed by atoms with Gasteiger partial charge in [0, 0.05) is 5.69 Å². The molecule has 2 rings (SSSR count). The fraction of sp³-hybridized carbons (Fsp3) is 0.385. The molecule has 0 bridgehead atoms. The van der Waals surface area contributed by atoms with Crippen LogP contribution in [0, 0.1) is 5.92 Å². The molecule has 1 fully saturated rings. The van der Waals surface area contributed by atoms with Crippen molar-refractivity contribution in [3.63, 3.8) is 0 Å². The van der Waals surface area contributed by atoms with Gasteiger partial charge in [-0.2, -0.15) is 0 Å². The Bertz CT molecular complexity index is 485. The maximum absolute atomic E-state index is 12.2. The van der Waals surface area contributed by atoms with E-state index in [9.17, 15) is 9.59 Å². The predicted molar refractivity (Wildman–Crippen MR) is 70.1 cm³/mol. The monoisotopic (exact) mass is 247 g/mol. The maximum atomic E-state index is 12.2. The Morgan fingerprint density at radius 2 is 2.11 bits per heavy atom. The quantitative estimate of drug-likeness (QED) is 0.631. The van der Waals surface area contributed by atoms with Crippen molar-refractivity contribution in [3.05, 3.63) is 24.3 Å². The lowest BCUT2D eigenvalue weighted by molar-refractivity contribution is -0.118. The van der Waals surface area contributed by atoms with E-state index in [2.05, 4.69) is 5.32 Å². The number of nitrogens with two attached hydrogens (primary N) is 1. The molecule has 5 heteroatoms. The second-order valence-corrected chi connectivity index (χ2v) is 4.90. The fourth-order valence-electron chi connectivity index (χ4n) is 2.07. The number of hydrogen-bond donors (Lipinski definition) is 2. The molecule has 0 aromatic heterocycles. The van der Waals surface area contributed by atoms with Gasteiger partial charge < -0.3 is 11.1 Å². The molecule has 1 heterocycles. The van der Waals surface area contributed by atoms with Crippen molar-refractivity contribution in [1.29, 1.82) is 0 Å². The minimum absolute atomic E-state index is 0.209. The molecule has 0 unspecified atom stereocenters. The Morgan fingerprint density at radius 3 is 2.72 bits per heavy atom. The van der Waals surface area contributed by atoms with Gasteiger partial charge in [-0.15, -0.1) is 0 Å². The zero-order valence-electron chi connectivity index (χ0n) is 10.5. The third-order valence-electron chi connectivity index (χ3n) is 2.85. The van der Waals surface area contributed by atoms with Crippen LogP contribution < -0.4 is 16.0 Å². The molecule has 0 radical (unpaired) electrons. The van der Waals surface area contributed by atoms with Crippen LogP contribution in [0.3, 0.4) is 0 Å². The van der Waals surface area contributed by atoms with Crippen LogP contribution in [-0.2, 0) is 4.79 Å². The van der Waals surface area contributed by atoms with E-state index in [1.165, 1.54) is 0 Å². The lowest BCUT2D eigenvalue weighted by Gasteiger charge is -2.14. The number of urea groups is 1. The predicted octanol–water partition coefficient (Wildman–Crippen LogP) is 1.74. The van der Waals surface area contributed by atoms with Gasteiger partial charge in [0.25, 0.3) is 5.91 Å². The summed E-state index contributed by atoms with van der Waals surface area (Å²) in [5.74, 6) is 0.138. The van der Waals surface area contributed by atoms with E-state index in [1.807, 2.05) is 13.8 Å². The SMILES string of the molecule is CC(C)C[C@@H]1NC(=O)N(c2cccc(N)c2)C1=O. The average molecular weight is 247 g/mol. The van der Waals surface area contributed by atoms with Crippen molar-refractivity contribution in [2.45, 2.75) is 26.3 Å². The number of benzene rings is 1. The number of imide groups is 1. The number of rotatable bonds is 3. The van der Waals surface area contributed by atoms with E-state index in [0.717, 1.165) is 4.90 Å². The van der Waals surface area contributed by atoms with Gasteiger partial charge in [-0.05, 0) is 30.5 Å². The summed E-state index contributed by atoms with van der Waals surface area (Å²) in [6.45, 7) is 4.03. The summed E-state index contributed by atoms with van der Waals surface area (Å²) < 4.78 is 0. The number of anilines is 2. The van der Waals surface area contributed by atoms with Gasteiger partial charge in [0.1, 0.15) is 6.04 Å². The Morgan fingerprint density at radius 1 is 1.39 bits per heavy atom.